The van der Waals surface area contributed by atoms with Gasteiger partial charge in [0.05, 0.1) is 18.4 Å². The summed E-state index contributed by atoms with van der Waals surface area (Å²) in [4.78, 5) is 15.0. The first-order valence-electron chi connectivity index (χ1n) is 3.50. The summed E-state index contributed by atoms with van der Waals surface area (Å²) in [5, 5.41) is 9.25. The number of nitrogens with zero attached hydrogens (tertiary/aromatic N) is 1. The molecule has 0 aliphatic carbocycles. The molecule has 0 fully saturated rings. The lowest BCUT2D eigenvalue weighted by atomic mass is 10.2. The molecule has 0 spiro atoms. The number of rotatable bonds is 1. The van der Waals surface area contributed by atoms with Gasteiger partial charge < -0.3 is 9.84 Å². The molecule has 1 rings (SSSR count). The normalized spacial score (nSPS) is 9.77. The molecule has 0 saturated carbocycles. The minimum Gasteiger partial charge on any atom is -0.505 e. The summed E-state index contributed by atoms with van der Waals surface area (Å²) in [5.74, 6) is -0.584. The summed E-state index contributed by atoms with van der Waals surface area (Å²) in [7, 11) is 1.28. The van der Waals surface area contributed by atoms with Gasteiger partial charge >= 0.3 is 5.97 Å². The third kappa shape index (κ3) is 1.98. The van der Waals surface area contributed by atoms with E-state index < -0.39 is 5.97 Å². The van der Waals surface area contributed by atoms with Gasteiger partial charge in [-0.2, -0.15) is 0 Å². The van der Waals surface area contributed by atoms with Gasteiger partial charge in [0.15, 0.2) is 0 Å². The van der Waals surface area contributed by atoms with Crippen LogP contribution in [0.1, 0.15) is 16.1 Å². The predicted octanol–water partition coefficient (Wildman–Crippen LogP) is 1.64. The second-order valence-corrected chi connectivity index (χ2v) is 3.17. The molecule has 0 atom stereocenters. The first-order valence-corrected chi connectivity index (χ1v) is 4.30. The quantitative estimate of drug-likeness (QED) is 0.604. The summed E-state index contributed by atoms with van der Waals surface area (Å²) in [6, 6.07) is 1.32. The summed E-state index contributed by atoms with van der Waals surface area (Å²) in [5.41, 5.74) is 0.778. The minimum absolute atomic E-state index is 0.0778. The number of pyridine rings is 1. The van der Waals surface area contributed by atoms with Gasteiger partial charge in [-0.1, -0.05) is 0 Å². The third-order valence-electron chi connectivity index (χ3n) is 1.55. The number of hydrogen-bond acceptors (Lipinski definition) is 4. The summed E-state index contributed by atoms with van der Waals surface area (Å²) < 4.78 is 4.82. The van der Waals surface area contributed by atoms with Gasteiger partial charge in [0.1, 0.15) is 10.4 Å². The first kappa shape index (κ1) is 9.98. The molecule has 1 aromatic heterocycles. The number of halogens is 1. The van der Waals surface area contributed by atoms with Gasteiger partial charge in [-0.05, 0) is 28.9 Å². The Morgan fingerprint density at radius 3 is 2.85 bits per heavy atom. The van der Waals surface area contributed by atoms with Gasteiger partial charge in [-0.25, -0.2) is 9.78 Å². The van der Waals surface area contributed by atoms with Crippen molar-refractivity contribution in [2.45, 2.75) is 6.92 Å². The van der Waals surface area contributed by atoms with Crippen molar-refractivity contribution in [1.82, 2.24) is 4.98 Å². The van der Waals surface area contributed by atoms with E-state index in [0.29, 0.717) is 10.3 Å². The van der Waals surface area contributed by atoms with Crippen LogP contribution in [0.25, 0.3) is 0 Å². The Bertz CT molecular complexity index is 351. The molecule has 1 heterocycles. The van der Waals surface area contributed by atoms with Crippen molar-refractivity contribution < 1.29 is 14.6 Å². The number of carbonyl (C=O) groups is 1. The zero-order valence-corrected chi connectivity index (χ0v) is 8.75. The zero-order chi connectivity index (χ0) is 10.0. The first-order chi connectivity index (χ1) is 6.06. The molecule has 0 aliphatic rings. The van der Waals surface area contributed by atoms with Crippen LogP contribution in [-0.4, -0.2) is 23.2 Å². The van der Waals surface area contributed by atoms with Crippen molar-refractivity contribution in [3.63, 3.8) is 0 Å². The molecular formula is C8H8BrNO3. The highest BCUT2D eigenvalue weighted by Crippen LogP contribution is 2.24. The van der Waals surface area contributed by atoms with Gasteiger partial charge in [0.2, 0.25) is 0 Å². The van der Waals surface area contributed by atoms with Crippen LogP contribution < -0.4 is 0 Å². The van der Waals surface area contributed by atoms with Crippen molar-refractivity contribution in [3.05, 3.63) is 21.9 Å². The van der Waals surface area contributed by atoms with Crippen LogP contribution in [0.15, 0.2) is 10.7 Å². The molecule has 0 aromatic carbocycles. The molecule has 13 heavy (non-hydrogen) atoms. The molecule has 5 heteroatoms. The highest BCUT2D eigenvalue weighted by atomic mass is 79.9. The van der Waals surface area contributed by atoms with E-state index in [2.05, 4.69) is 25.7 Å². The molecule has 1 N–H and O–H groups in total. The highest BCUT2D eigenvalue weighted by Gasteiger charge is 2.13. The van der Waals surface area contributed by atoms with E-state index in [4.69, 9.17) is 0 Å². The average Bonchev–Trinajstić information content (AvgIpc) is 2.10. The second kappa shape index (κ2) is 3.74. The maximum Gasteiger partial charge on any atom is 0.339 e. The van der Waals surface area contributed by atoms with E-state index in [1.165, 1.54) is 13.2 Å². The number of aromatic nitrogens is 1. The lowest BCUT2D eigenvalue weighted by Crippen LogP contribution is -2.05. The fourth-order valence-corrected chi connectivity index (χ4v) is 1.26. The zero-order valence-electron chi connectivity index (χ0n) is 7.17. The van der Waals surface area contributed by atoms with Crippen LogP contribution in [0.5, 0.6) is 5.75 Å². The van der Waals surface area contributed by atoms with E-state index in [-0.39, 0.29) is 11.3 Å². The molecule has 0 saturated heterocycles. The number of hydrogen-bond donors (Lipinski definition) is 1. The number of methoxy groups -OCH3 is 1. The highest BCUT2D eigenvalue weighted by molar-refractivity contribution is 9.10. The smallest absolute Gasteiger partial charge is 0.339 e. The van der Waals surface area contributed by atoms with E-state index in [9.17, 15) is 9.90 Å². The Labute approximate surface area is 83.7 Å². The summed E-state index contributed by atoms with van der Waals surface area (Å²) >= 11 is 3.04. The number of esters is 1. The molecule has 70 valence electrons. The largest absolute Gasteiger partial charge is 0.505 e. The standard InChI is InChI=1S/C8H8BrNO3/c1-4-5(8(12)13-2)3-6(11)7(9)10-4/h3,11H,1-2H3. The number of carbonyl (C=O) groups excluding carboxylic acids is 1. The van der Waals surface area contributed by atoms with Gasteiger partial charge in [0, 0.05) is 0 Å². The van der Waals surface area contributed by atoms with Gasteiger partial charge in [0.25, 0.3) is 0 Å². The van der Waals surface area contributed by atoms with Crippen LogP contribution in [0.4, 0.5) is 0 Å². The van der Waals surface area contributed by atoms with Crippen LogP contribution in [0.2, 0.25) is 0 Å². The number of aryl methyl sites for hydroxylation is 1. The van der Waals surface area contributed by atoms with Crippen molar-refractivity contribution >= 4 is 21.9 Å². The molecule has 0 bridgehead atoms. The number of ether oxygens (including phenoxy) is 1. The maximum atomic E-state index is 11.1. The fourth-order valence-electron chi connectivity index (χ4n) is 0.882. The van der Waals surface area contributed by atoms with Crippen molar-refractivity contribution in [2.75, 3.05) is 7.11 Å². The van der Waals surface area contributed by atoms with Crippen molar-refractivity contribution in [3.8, 4) is 5.75 Å². The Balaban J connectivity index is 3.23. The van der Waals surface area contributed by atoms with Crippen LogP contribution in [0, 0.1) is 6.92 Å². The van der Waals surface area contributed by atoms with Crippen molar-refractivity contribution in [1.29, 1.82) is 0 Å². The lowest BCUT2D eigenvalue weighted by Gasteiger charge is -2.04. The molecular weight excluding hydrogens is 238 g/mol. The van der Waals surface area contributed by atoms with E-state index in [1.54, 1.807) is 6.92 Å². The maximum absolute atomic E-state index is 11.1. The minimum atomic E-state index is -0.507. The molecule has 0 amide bonds. The van der Waals surface area contributed by atoms with Crippen LogP contribution in [-0.2, 0) is 4.74 Å². The topological polar surface area (TPSA) is 59.4 Å². The summed E-state index contributed by atoms with van der Waals surface area (Å²) in [6.45, 7) is 1.66. The Morgan fingerprint density at radius 2 is 2.31 bits per heavy atom. The Hall–Kier alpha value is -1.10. The summed E-state index contributed by atoms with van der Waals surface area (Å²) in [6.07, 6.45) is 0. The van der Waals surface area contributed by atoms with Crippen LogP contribution in [0.3, 0.4) is 0 Å². The predicted molar refractivity (Wildman–Crippen MR) is 49.7 cm³/mol. The van der Waals surface area contributed by atoms with Gasteiger partial charge in [-0.3, -0.25) is 0 Å². The molecule has 0 unspecified atom stereocenters. The third-order valence-corrected chi connectivity index (χ3v) is 2.14. The monoisotopic (exact) mass is 245 g/mol. The van der Waals surface area contributed by atoms with Crippen molar-refractivity contribution in [2.24, 2.45) is 0 Å². The second-order valence-electron chi connectivity index (χ2n) is 2.42. The molecule has 0 aliphatic heterocycles. The lowest BCUT2D eigenvalue weighted by molar-refractivity contribution is 0.0599. The fraction of sp³-hybridized carbons (Fsp3) is 0.250. The molecule has 0 radical (unpaired) electrons. The molecule has 1 aromatic rings. The Morgan fingerprint density at radius 1 is 1.69 bits per heavy atom. The van der Waals surface area contributed by atoms with E-state index >= 15 is 0 Å². The Kier molecular flexibility index (Phi) is 2.87. The van der Waals surface area contributed by atoms with Gasteiger partial charge in [-0.15, -0.1) is 0 Å². The molecule has 4 nitrogen and oxygen atoms in total. The average molecular weight is 246 g/mol. The van der Waals surface area contributed by atoms with E-state index in [0.717, 1.165) is 0 Å². The van der Waals surface area contributed by atoms with Crippen LogP contribution >= 0.6 is 15.9 Å². The number of aromatic hydroxyl groups is 1. The SMILES string of the molecule is COC(=O)c1cc(O)c(Br)nc1C. The van der Waals surface area contributed by atoms with E-state index in [1.807, 2.05) is 0 Å².